The molecule has 1 heterocycles. The maximum Gasteiger partial charge on any atom is 0.0592 e. The molecule has 0 fully saturated rings. The molecule has 0 spiro atoms. The molecule has 18 heavy (non-hydrogen) atoms. The predicted octanol–water partition coefficient (Wildman–Crippen LogP) is 3.61. The number of hydrogen-bond donors (Lipinski definition) is 1. The molecule has 1 unspecified atom stereocenters. The van der Waals surface area contributed by atoms with Crippen LogP contribution in [0.4, 0.5) is 0 Å². The molecule has 0 aliphatic rings. The molecule has 94 valence electrons. The largest absolute Gasteiger partial charge is 0.309 e. The van der Waals surface area contributed by atoms with E-state index in [-0.39, 0.29) is 6.04 Å². The summed E-state index contributed by atoms with van der Waals surface area (Å²) in [5.74, 6) is 0. The Morgan fingerprint density at radius 3 is 2.67 bits per heavy atom. The minimum atomic E-state index is 0.108. The number of benzene rings is 1. The van der Waals surface area contributed by atoms with Crippen LogP contribution in [0.2, 0.25) is 5.02 Å². The van der Waals surface area contributed by atoms with Crippen molar-refractivity contribution in [1.82, 2.24) is 10.3 Å². The van der Waals surface area contributed by atoms with Crippen LogP contribution < -0.4 is 5.32 Å². The van der Waals surface area contributed by atoms with E-state index in [0.717, 1.165) is 17.0 Å². The van der Waals surface area contributed by atoms with Crippen molar-refractivity contribution in [3.63, 3.8) is 0 Å². The number of nitrogens with zero attached hydrogens (tertiary/aromatic N) is 1. The molecule has 0 radical (unpaired) electrons. The van der Waals surface area contributed by atoms with Crippen molar-refractivity contribution >= 4 is 11.6 Å². The Balaban J connectivity index is 2.49. The van der Waals surface area contributed by atoms with Crippen molar-refractivity contribution in [1.29, 1.82) is 0 Å². The molecule has 0 saturated heterocycles. The second kappa shape index (κ2) is 5.98. The van der Waals surface area contributed by atoms with Crippen molar-refractivity contribution in [3.8, 4) is 0 Å². The van der Waals surface area contributed by atoms with E-state index in [0.29, 0.717) is 0 Å². The van der Waals surface area contributed by atoms with Crippen molar-refractivity contribution < 1.29 is 0 Å². The second-order valence-electron chi connectivity index (χ2n) is 4.17. The van der Waals surface area contributed by atoms with Crippen LogP contribution in [0.5, 0.6) is 0 Å². The monoisotopic (exact) mass is 260 g/mol. The quantitative estimate of drug-likeness (QED) is 0.909. The molecule has 2 nitrogen and oxygen atoms in total. The smallest absolute Gasteiger partial charge is 0.0592 e. The lowest BCUT2D eigenvalue weighted by Crippen LogP contribution is -2.19. The highest BCUT2D eigenvalue weighted by Gasteiger charge is 2.17. The summed E-state index contributed by atoms with van der Waals surface area (Å²) in [6, 6.07) is 10.1. The number of pyridine rings is 1. The van der Waals surface area contributed by atoms with Crippen LogP contribution in [0.25, 0.3) is 0 Å². The van der Waals surface area contributed by atoms with Gasteiger partial charge in [0.15, 0.2) is 0 Å². The van der Waals surface area contributed by atoms with E-state index < -0.39 is 0 Å². The van der Waals surface area contributed by atoms with Gasteiger partial charge in [0.2, 0.25) is 0 Å². The molecule has 3 heteroatoms. The van der Waals surface area contributed by atoms with Gasteiger partial charge in [-0.25, -0.2) is 0 Å². The molecule has 1 N–H and O–H groups in total. The molecule has 1 atom stereocenters. The van der Waals surface area contributed by atoms with Gasteiger partial charge in [-0.05, 0) is 42.3 Å². The van der Waals surface area contributed by atoms with Crippen LogP contribution in [-0.4, -0.2) is 12.0 Å². The summed E-state index contributed by atoms with van der Waals surface area (Å²) in [5, 5.41) is 4.13. The SMILES string of the molecule is CCc1cnccc1C(NC)c1ccccc1Cl. The molecule has 0 saturated carbocycles. The van der Waals surface area contributed by atoms with Crippen molar-refractivity contribution in [3.05, 3.63) is 64.4 Å². The summed E-state index contributed by atoms with van der Waals surface area (Å²) >= 11 is 6.29. The first kappa shape index (κ1) is 13.1. The van der Waals surface area contributed by atoms with Gasteiger partial charge in [0, 0.05) is 17.4 Å². The average Bonchev–Trinajstić information content (AvgIpc) is 2.42. The minimum absolute atomic E-state index is 0.108. The molecular formula is C15H17ClN2. The van der Waals surface area contributed by atoms with E-state index >= 15 is 0 Å². The zero-order valence-corrected chi connectivity index (χ0v) is 11.4. The summed E-state index contributed by atoms with van der Waals surface area (Å²) < 4.78 is 0. The van der Waals surface area contributed by atoms with Crippen LogP contribution in [0.3, 0.4) is 0 Å². The van der Waals surface area contributed by atoms with Crippen molar-refractivity contribution in [2.45, 2.75) is 19.4 Å². The molecule has 2 rings (SSSR count). The summed E-state index contributed by atoms with van der Waals surface area (Å²) in [6.07, 6.45) is 4.72. The molecule has 0 bridgehead atoms. The highest BCUT2D eigenvalue weighted by Crippen LogP contribution is 2.29. The zero-order valence-electron chi connectivity index (χ0n) is 10.7. The van der Waals surface area contributed by atoms with E-state index in [2.05, 4.69) is 29.4 Å². The van der Waals surface area contributed by atoms with Gasteiger partial charge in [0.1, 0.15) is 0 Å². The van der Waals surface area contributed by atoms with Gasteiger partial charge in [0.25, 0.3) is 0 Å². The lowest BCUT2D eigenvalue weighted by Gasteiger charge is -2.20. The summed E-state index contributed by atoms with van der Waals surface area (Å²) in [7, 11) is 1.95. The Kier molecular flexibility index (Phi) is 4.34. The van der Waals surface area contributed by atoms with Crippen LogP contribution in [0.15, 0.2) is 42.7 Å². The summed E-state index contributed by atoms with van der Waals surface area (Å²) in [5.41, 5.74) is 3.59. The van der Waals surface area contributed by atoms with Crippen LogP contribution in [0, 0.1) is 0 Å². The van der Waals surface area contributed by atoms with Gasteiger partial charge in [0.05, 0.1) is 6.04 Å². The Labute approximate surface area is 113 Å². The van der Waals surface area contributed by atoms with Crippen molar-refractivity contribution in [2.24, 2.45) is 0 Å². The summed E-state index contributed by atoms with van der Waals surface area (Å²) in [4.78, 5) is 4.19. The van der Waals surface area contributed by atoms with E-state index in [1.54, 1.807) is 0 Å². The lowest BCUT2D eigenvalue weighted by molar-refractivity contribution is 0.682. The maximum absolute atomic E-state index is 6.29. The molecule has 0 aliphatic carbocycles. The lowest BCUT2D eigenvalue weighted by atomic mass is 9.95. The molecule has 1 aromatic carbocycles. The van der Waals surface area contributed by atoms with Gasteiger partial charge < -0.3 is 5.32 Å². The van der Waals surface area contributed by atoms with Crippen LogP contribution in [-0.2, 0) is 6.42 Å². The molecule has 0 aliphatic heterocycles. The Hall–Kier alpha value is -1.38. The first-order chi connectivity index (χ1) is 8.77. The van der Waals surface area contributed by atoms with E-state index in [1.807, 2.05) is 37.6 Å². The number of aryl methyl sites for hydroxylation is 1. The highest BCUT2D eigenvalue weighted by atomic mass is 35.5. The van der Waals surface area contributed by atoms with Gasteiger partial charge >= 0.3 is 0 Å². The number of halogens is 1. The first-order valence-electron chi connectivity index (χ1n) is 6.12. The number of hydrogen-bond acceptors (Lipinski definition) is 2. The number of nitrogens with one attached hydrogen (secondary N) is 1. The van der Waals surface area contributed by atoms with Crippen LogP contribution >= 0.6 is 11.6 Å². The van der Waals surface area contributed by atoms with Crippen molar-refractivity contribution in [2.75, 3.05) is 7.05 Å². The molecule has 2 aromatic rings. The second-order valence-corrected chi connectivity index (χ2v) is 4.58. The van der Waals surface area contributed by atoms with E-state index in [1.165, 1.54) is 11.1 Å². The fourth-order valence-corrected chi connectivity index (χ4v) is 2.45. The van der Waals surface area contributed by atoms with Gasteiger partial charge in [-0.1, -0.05) is 36.7 Å². The molecule has 0 amide bonds. The topological polar surface area (TPSA) is 24.9 Å². The molecule has 1 aromatic heterocycles. The highest BCUT2D eigenvalue weighted by molar-refractivity contribution is 6.31. The van der Waals surface area contributed by atoms with E-state index in [9.17, 15) is 0 Å². The number of aromatic nitrogens is 1. The maximum atomic E-state index is 6.29. The first-order valence-corrected chi connectivity index (χ1v) is 6.50. The average molecular weight is 261 g/mol. The third-order valence-electron chi connectivity index (χ3n) is 3.14. The van der Waals surface area contributed by atoms with Gasteiger partial charge in [-0.15, -0.1) is 0 Å². The Bertz CT molecular complexity index is 525. The Morgan fingerprint density at radius 2 is 2.00 bits per heavy atom. The standard InChI is InChI=1S/C15H17ClN2/c1-3-11-10-18-9-8-12(11)15(17-2)13-6-4-5-7-14(13)16/h4-10,15,17H,3H2,1-2H3. The fourth-order valence-electron chi connectivity index (χ4n) is 2.20. The Morgan fingerprint density at radius 1 is 1.22 bits per heavy atom. The van der Waals surface area contributed by atoms with Gasteiger partial charge in [-0.2, -0.15) is 0 Å². The molecular weight excluding hydrogens is 244 g/mol. The van der Waals surface area contributed by atoms with E-state index in [4.69, 9.17) is 11.6 Å². The fraction of sp³-hybridized carbons (Fsp3) is 0.267. The summed E-state index contributed by atoms with van der Waals surface area (Å²) in [6.45, 7) is 2.14. The minimum Gasteiger partial charge on any atom is -0.309 e. The zero-order chi connectivity index (χ0) is 13.0. The predicted molar refractivity (Wildman–Crippen MR) is 76.0 cm³/mol. The van der Waals surface area contributed by atoms with Gasteiger partial charge in [-0.3, -0.25) is 4.98 Å². The number of rotatable bonds is 4. The third-order valence-corrected chi connectivity index (χ3v) is 3.48. The normalized spacial score (nSPS) is 12.4. The third kappa shape index (κ3) is 2.55. The van der Waals surface area contributed by atoms with Crippen LogP contribution in [0.1, 0.15) is 29.7 Å².